The fourth-order valence-electron chi connectivity index (χ4n) is 4.26. The van der Waals surface area contributed by atoms with Gasteiger partial charge in [0.15, 0.2) is 11.5 Å². The van der Waals surface area contributed by atoms with Crippen LogP contribution in [-0.4, -0.2) is 45.4 Å². The number of nitrogens with zero attached hydrogens (tertiary/aromatic N) is 1. The van der Waals surface area contributed by atoms with Crippen LogP contribution in [0.3, 0.4) is 0 Å². The summed E-state index contributed by atoms with van der Waals surface area (Å²) in [7, 11) is 3.37. The van der Waals surface area contributed by atoms with Crippen molar-refractivity contribution in [1.29, 1.82) is 0 Å². The molecule has 154 valence electrons. The van der Waals surface area contributed by atoms with E-state index in [-0.39, 0.29) is 0 Å². The zero-order chi connectivity index (χ0) is 20.2. The predicted molar refractivity (Wildman–Crippen MR) is 120 cm³/mol. The van der Waals surface area contributed by atoms with Gasteiger partial charge in [0.1, 0.15) is 12.4 Å². The van der Waals surface area contributed by atoms with Gasteiger partial charge < -0.3 is 14.2 Å². The molecule has 1 aliphatic heterocycles. The van der Waals surface area contributed by atoms with Gasteiger partial charge in [0.05, 0.1) is 14.2 Å². The Morgan fingerprint density at radius 3 is 2.38 bits per heavy atom. The van der Waals surface area contributed by atoms with Crippen LogP contribution in [0.15, 0.2) is 40.9 Å². The lowest BCUT2D eigenvalue weighted by atomic mass is 9.86. The molecule has 2 aromatic rings. The highest BCUT2D eigenvalue weighted by Gasteiger charge is 2.24. The molecule has 2 aliphatic rings. The second kappa shape index (κ2) is 9.23. The first-order chi connectivity index (χ1) is 14.2. The first-order valence-corrected chi connectivity index (χ1v) is 11.1. The Morgan fingerprint density at radius 1 is 0.897 bits per heavy atom. The summed E-state index contributed by atoms with van der Waals surface area (Å²) in [4.78, 5) is 2.48. The molecule has 0 N–H and O–H groups in total. The monoisotopic (exact) mass is 457 g/mol. The average Bonchev–Trinajstić information content (AvgIpc) is 3.27. The van der Waals surface area contributed by atoms with E-state index in [1.54, 1.807) is 14.2 Å². The van der Waals surface area contributed by atoms with Crippen molar-refractivity contribution in [3.8, 4) is 17.2 Å². The van der Waals surface area contributed by atoms with E-state index in [0.717, 1.165) is 42.2 Å². The first kappa shape index (κ1) is 20.3. The first-order valence-electron chi connectivity index (χ1n) is 10.3. The molecule has 0 atom stereocenters. The van der Waals surface area contributed by atoms with Gasteiger partial charge >= 0.3 is 0 Å². The second-order valence-electron chi connectivity index (χ2n) is 7.54. The van der Waals surface area contributed by atoms with Crippen LogP contribution in [0.5, 0.6) is 17.2 Å². The van der Waals surface area contributed by atoms with Crippen LogP contribution < -0.4 is 14.2 Å². The number of rotatable bonds is 7. The van der Waals surface area contributed by atoms with E-state index in [0.29, 0.717) is 6.61 Å². The Balaban J connectivity index is 1.66. The Hall–Kier alpha value is -1.98. The van der Waals surface area contributed by atoms with Crippen LogP contribution in [0.25, 0.3) is 5.57 Å². The molecule has 0 spiro atoms. The Labute approximate surface area is 181 Å². The molecule has 4 nitrogen and oxygen atoms in total. The van der Waals surface area contributed by atoms with Crippen molar-refractivity contribution in [2.24, 2.45) is 0 Å². The molecular weight excluding hydrogens is 430 g/mol. The minimum absolute atomic E-state index is 0.709. The molecule has 0 unspecified atom stereocenters. The summed E-state index contributed by atoms with van der Waals surface area (Å²) in [5.74, 6) is 2.46. The molecule has 0 aromatic heterocycles. The molecule has 1 fully saturated rings. The maximum Gasteiger partial charge on any atom is 0.161 e. The smallest absolute Gasteiger partial charge is 0.161 e. The molecule has 2 aromatic carbocycles. The van der Waals surface area contributed by atoms with Gasteiger partial charge in [-0.3, -0.25) is 4.90 Å². The van der Waals surface area contributed by atoms with Gasteiger partial charge in [-0.1, -0.05) is 34.1 Å². The number of hydrogen-bond donors (Lipinski definition) is 0. The number of benzene rings is 2. The zero-order valence-corrected chi connectivity index (χ0v) is 18.8. The van der Waals surface area contributed by atoms with Gasteiger partial charge in [-0.15, -0.1) is 0 Å². The number of allylic oxidation sites excluding steroid dienone is 1. The number of likely N-dealkylation sites (tertiary alicyclic amines) is 1. The number of methoxy groups -OCH3 is 2. The number of ether oxygens (including phenoxy) is 3. The minimum atomic E-state index is 0.709. The van der Waals surface area contributed by atoms with Crippen LogP contribution in [0.2, 0.25) is 0 Å². The average molecular weight is 458 g/mol. The summed E-state index contributed by atoms with van der Waals surface area (Å²) in [5.41, 5.74) is 4.75. The molecule has 29 heavy (non-hydrogen) atoms. The lowest BCUT2D eigenvalue weighted by molar-refractivity contribution is 0.237. The summed E-state index contributed by atoms with van der Waals surface area (Å²) in [6.45, 7) is 4.07. The number of halogens is 1. The van der Waals surface area contributed by atoms with Crippen molar-refractivity contribution in [2.75, 3.05) is 40.5 Å². The van der Waals surface area contributed by atoms with Crippen LogP contribution in [0, 0.1) is 0 Å². The van der Waals surface area contributed by atoms with E-state index in [1.807, 2.05) is 6.07 Å². The molecule has 5 heteroatoms. The minimum Gasteiger partial charge on any atom is -0.493 e. The van der Waals surface area contributed by atoms with Crippen LogP contribution in [0.4, 0.5) is 0 Å². The quantitative estimate of drug-likeness (QED) is 0.565. The molecule has 4 rings (SSSR count). The van der Waals surface area contributed by atoms with Crippen LogP contribution >= 0.6 is 15.9 Å². The molecule has 1 saturated heterocycles. The molecule has 1 aliphatic carbocycles. The largest absolute Gasteiger partial charge is 0.493 e. The SMILES string of the molecule is COc1cc2c(cc1OC)C(c1ccccc1OCCN1CCCC1)=C(Br)CC2. The van der Waals surface area contributed by atoms with Gasteiger partial charge in [0.25, 0.3) is 0 Å². The van der Waals surface area contributed by atoms with Crippen LogP contribution in [-0.2, 0) is 6.42 Å². The van der Waals surface area contributed by atoms with E-state index in [1.165, 1.54) is 47.1 Å². The predicted octanol–water partition coefficient (Wildman–Crippen LogP) is 5.28. The van der Waals surface area contributed by atoms with Gasteiger partial charge in [0, 0.05) is 22.2 Å². The molecule has 0 bridgehead atoms. The van der Waals surface area contributed by atoms with Crippen molar-refractivity contribution >= 4 is 21.5 Å². The third-order valence-electron chi connectivity index (χ3n) is 5.78. The van der Waals surface area contributed by atoms with Crippen molar-refractivity contribution < 1.29 is 14.2 Å². The Kier molecular flexibility index (Phi) is 6.46. The molecule has 0 radical (unpaired) electrons. The Bertz CT molecular complexity index is 903. The van der Waals surface area contributed by atoms with Gasteiger partial charge in [-0.05, 0) is 68.1 Å². The highest BCUT2D eigenvalue weighted by Crippen LogP contribution is 2.45. The van der Waals surface area contributed by atoms with Crippen molar-refractivity contribution in [1.82, 2.24) is 4.90 Å². The zero-order valence-electron chi connectivity index (χ0n) is 17.2. The summed E-state index contributed by atoms with van der Waals surface area (Å²) in [6, 6.07) is 12.5. The highest BCUT2D eigenvalue weighted by atomic mass is 79.9. The third-order valence-corrected chi connectivity index (χ3v) is 6.58. The number of hydrogen-bond acceptors (Lipinski definition) is 4. The summed E-state index contributed by atoms with van der Waals surface area (Å²) in [5, 5.41) is 0. The van der Waals surface area contributed by atoms with E-state index >= 15 is 0 Å². The summed E-state index contributed by atoms with van der Waals surface area (Å²) >= 11 is 3.84. The number of para-hydroxylation sites is 1. The Morgan fingerprint density at radius 2 is 1.62 bits per heavy atom. The van der Waals surface area contributed by atoms with E-state index in [4.69, 9.17) is 14.2 Å². The van der Waals surface area contributed by atoms with Gasteiger partial charge in [-0.2, -0.15) is 0 Å². The number of fused-ring (bicyclic) bond motifs is 1. The third kappa shape index (κ3) is 4.31. The van der Waals surface area contributed by atoms with E-state index < -0.39 is 0 Å². The van der Waals surface area contributed by atoms with Gasteiger partial charge in [-0.25, -0.2) is 0 Å². The molecular formula is C24H28BrNO3. The van der Waals surface area contributed by atoms with Crippen LogP contribution in [0.1, 0.15) is 36.0 Å². The van der Waals surface area contributed by atoms with Crippen molar-refractivity contribution in [2.45, 2.75) is 25.7 Å². The summed E-state index contributed by atoms with van der Waals surface area (Å²) < 4.78 is 18.6. The lowest BCUT2D eigenvalue weighted by Gasteiger charge is -2.24. The molecule has 1 heterocycles. The highest BCUT2D eigenvalue weighted by molar-refractivity contribution is 9.11. The van der Waals surface area contributed by atoms with Gasteiger partial charge in [0.2, 0.25) is 0 Å². The topological polar surface area (TPSA) is 30.9 Å². The fraction of sp³-hybridized carbons (Fsp3) is 0.417. The summed E-state index contributed by atoms with van der Waals surface area (Å²) in [6.07, 6.45) is 4.54. The normalized spacial score (nSPS) is 16.7. The molecule has 0 saturated carbocycles. The number of aryl methyl sites for hydroxylation is 1. The molecule has 0 amide bonds. The lowest BCUT2D eigenvalue weighted by Crippen LogP contribution is -2.25. The van der Waals surface area contributed by atoms with E-state index in [9.17, 15) is 0 Å². The van der Waals surface area contributed by atoms with Crippen molar-refractivity contribution in [3.63, 3.8) is 0 Å². The second-order valence-corrected chi connectivity index (χ2v) is 8.49. The maximum atomic E-state index is 6.26. The fourth-order valence-corrected chi connectivity index (χ4v) is 4.88. The maximum absolute atomic E-state index is 6.26. The standard InChI is InChI=1S/C24H28BrNO3/c1-27-22-15-17-9-10-20(25)24(19(17)16-23(22)28-2)18-7-3-4-8-21(18)29-14-13-26-11-5-6-12-26/h3-4,7-8,15-16H,5-6,9-14H2,1-2H3. The van der Waals surface area contributed by atoms with E-state index in [2.05, 4.69) is 51.2 Å². The van der Waals surface area contributed by atoms with Crippen molar-refractivity contribution in [3.05, 3.63) is 57.6 Å².